The summed E-state index contributed by atoms with van der Waals surface area (Å²) in [6.45, 7) is 0. The van der Waals surface area contributed by atoms with Crippen LogP contribution in [0.15, 0.2) is 179 Å². The Labute approximate surface area is 287 Å². The highest BCUT2D eigenvalue weighted by molar-refractivity contribution is 6.23. The molecule has 0 unspecified atom stereocenters. The predicted octanol–water partition coefficient (Wildman–Crippen LogP) is 13.9. The van der Waals surface area contributed by atoms with E-state index in [1.807, 2.05) is 12.1 Å². The fraction of sp³-hybridized carbons (Fsp3) is 0. The molecule has 2 aromatic heterocycles. The van der Waals surface area contributed by atoms with Crippen molar-refractivity contribution in [3.63, 3.8) is 0 Å². The Morgan fingerprint density at radius 1 is 0.280 bits per heavy atom. The minimum atomic E-state index is 0.906. The van der Waals surface area contributed by atoms with Crippen LogP contribution in [0, 0.1) is 0 Å². The van der Waals surface area contributed by atoms with Crippen molar-refractivity contribution < 1.29 is 8.83 Å². The summed E-state index contributed by atoms with van der Waals surface area (Å²) in [7, 11) is 0. The second-order valence-corrected chi connectivity index (χ2v) is 13.2. The smallest absolute Gasteiger partial charge is 0.143 e. The Morgan fingerprint density at radius 2 is 0.800 bits per heavy atom. The van der Waals surface area contributed by atoms with E-state index in [-0.39, 0.29) is 0 Å². The highest BCUT2D eigenvalue weighted by Gasteiger charge is 2.19. The molecule has 0 aliphatic rings. The number of para-hydroxylation sites is 2. The fourth-order valence-corrected chi connectivity index (χ4v) is 8.20. The van der Waals surface area contributed by atoms with E-state index in [0.717, 1.165) is 60.4 Å². The molecule has 0 saturated carbocycles. The maximum absolute atomic E-state index is 6.48. The first-order valence-electron chi connectivity index (χ1n) is 17.1. The zero-order chi connectivity index (χ0) is 32.8. The molecule has 0 fully saturated rings. The van der Waals surface area contributed by atoms with Gasteiger partial charge in [0.05, 0.1) is 0 Å². The molecule has 0 aliphatic carbocycles. The van der Waals surface area contributed by atoms with Crippen LogP contribution in [0.4, 0.5) is 0 Å². The highest BCUT2D eigenvalue weighted by atomic mass is 16.3. The third-order valence-electron chi connectivity index (χ3n) is 10.5. The lowest BCUT2D eigenvalue weighted by Crippen LogP contribution is -1.91. The molecule has 0 radical (unpaired) electrons. The molecule has 9 aromatic carbocycles. The predicted molar refractivity (Wildman–Crippen MR) is 210 cm³/mol. The van der Waals surface area contributed by atoms with E-state index in [1.54, 1.807) is 0 Å². The van der Waals surface area contributed by atoms with Gasteiger partial charge >= 0.3 is 0 Å². The second kappa shape index (κ2) is 10.4. The molecule has 2 nitrogen and oxygen atoms in total. The van der Waals surface area contributed by atoms with Crippen LogP contribution >= 0.6 is 0 Å². The van der Waals surface area contributed by atoms with Crippen molar-refractivity contribution in [3.8, 4) is 33.4 Å². The summed E-state index contributed by atoms with van der Waals surface area (Å²) in [6, 6.07) is 60.9. The van der Waals surface area contributed by atoms with Crippen molar-refractivity contribution in [2.75, 3.05) is 0 Å². The molecule has 11 aromatic rings. The summed E-state index contributed by atoms with van der Waals surface area (Å²) in [4.78, 5) is 0. The van der Waals surface area contributed by atoms with Crippen LogP contribution in [-0.2, 0) is 0 Å². The van der Waals surface area contributed by atoms with Gasteiger partial charge in [-0.2, -0.15) is 0 Å². The zero-order valence-electron chi connectivity index (χ0n) is 27.0. The van der Waals surface area contributed by atoms with Gasteiger partial charge in [0.2, 0.25) is 0 Å². The van der Waals surface area contributed by atoms with E-state index in [9.17, 15) is 0 Å². The van der Waals surface area contributed by atoms with Crippen LogP contribution in [0.3, 0.4) is 0 Å². The van der Waals surface area contributed by atoms with Crippen LogP contribution in [0.5, 0.6) is 0 Å². The molecular weight excluding hydrogens is 609 g/mol. The highest BCUT2D eigenvalue weighted by Crippen LogP contribution is 2.46. The molecule has 2 heteroatoms. The van der Waals surface area contributed by atoms with Gasteiger partial charge in [0.1, 0.15) is 22.3 Å². The molecule has 232 valence electrons. The molecule has 0 bridgehead atoms. The molecule has 11 rings (SSSR count). The summed E-state index contributed by atoms with van der Waals surface area (Å²) in [6.07, 6.45) is 0. The third kappa shape index (κ3) is 3.90. The SMILES string of the molecule is c1ccc2c(c1)ccc1c3cc(-c4c5ccccc5c(-c5ccc(-c6cccc7c6oc6ccccc67)cc5)c5ccccc45)ccc3oc21. The lowest BCUT2D eigenvalue weighted by atomic mass is 9.85. The molecular formula is C48H28O2. The number of hydrogen-bond donors (Lipinski definition) is 0. The normalized spacial score (nSPS) is 12.0. The summed E-state index contributed by atoms with van der Waals surface area (Å²) in [5.74, 6) is 0. The Balaban J connectivity index is 1.11. The van der Waals surface area contributed by atoms with Gasteiger partial charge in [0, 0.05) is 32.5 Å². The lowest BCUT2D eigenvalue weighted by Gasteiger charge is -2.18. The molecule has 0 saturated heterocycles. The number of hydrogen-bond acceptors (Lipinski definition) is 2. The van der Waals surface area contributed by atoms with Crippen LogP contribution in [0.1, 0.15) is 0 Å². The van der Waals surface area contributed by atoms with Crippen molar-refractivity contribution in [1.29, 1.82) is 0 Å². The first-order chi connectivity index (χ1) is 24.8. The van der Waals surface area contributed by atoms with Crippen LogP contribution in [-0.4, -0.2) is 0 Å². The minimum Gasteiger partial charge on any atom is -0.455 e. The zero-order valence-corrected chi connectivity index (χ0v) is 27.0. The quantitative estimate of drug-likeness (QED) is 0.180. The monoisotopic (exact) mass is 636 g/mol. The Bertz CT molecular complexity index is 3080. The molecule has 50 heavy (non-hydrogen) atoms. The van der Waals surface area contributed by atoms with E-state index < -0.39 is 0 Å². The molecule has 0 spiro atoms. The van der Waals surface area contributed by atoms with Gasteiger partial charge in [-0.25, -0.2) is 0 Å². The molecule has 0 aliphatic heterocycles. The number of benzene rings is 9. The first-order valence-corrected chi connectivity index (χ1v) is 17.1. The minimum absolute atomic E-state index is 0.906. The van der Waals surface area contributed by atoms with Gasteiger partial charge in [-0.15, -0.1) is 0 Å². The average molecular weight is 637 g/mol. The largest absolute Gasteiger partial charge is 0.455 e. The average Bonchev–Trinajstić information content (AvgIpc) is 3.75. The summed E-state index contributed by atoms with van der Waals surface area (Å²) >= 11 is 0. The topological polar surface area (TPSA) is 26.3 Å². The maximum atomic E-state index is 6.48. The van der Waals surface area contributed by atoms with Gasteiger partial charge in [-0.3, -0.25) is 0 Å². The van der Waals surface area contributed by atoms with E-state index in [0.29, 0.717) is 0 Å². The van der Waals surface area contributed by atoms with Gasteiger partial charge < -0.3 is 8.83 Å². The van der Waals surface area contributed by atoms with Crippen LogP contribution in [0.25, 0.3) is 110 Å². The Morgan fingerprint density at radius 3 is 1.54 bits per heavy atom. The number of fused-ring (bicyclic) bond motifs is 10. The molecule has 0 amide bonds. The summed E-state index contributed by atoms with van der Waals surface area (Å²) < 4.78 is 12.9. The number of rotatable bonds is 3. The maximum Gasteiger partial charge on any atom is 0.143 e. The molecule has 0 N–H and O–H groups in total. The van der Waals surface area contributed by atoms with Crippen LogP contribution in [0.2, 0.25) is 0 Å². The first kappa shape index (κ1) is 27.3. The number of furan rings is 2. The van der Waals surface area contributed by atoms with E-state index in [4.69, 9.17) is 8.83 Å². The summed E-state index contributed by atoms with van der Waals surface area (Å²) in [5.41, 5.74) is 10.8. The Kier molecular flexibility index (Phi) is 5.70. The van der Waals surface area contributed by atoms with Crippen molar-refractivity contribution in [2.45, 2.75) is 0 Å². The second-order valence-electron chi connectivity index (χ2n) is 13.2. The van der Waals surface area contributed by atoms with Gasteiger partial charge in [-0.1, -0.05) is 146 Å². The standard InChI is InChI=1S/C48H28O2/c1-2-11-33-29(10-1)24-26-41-42-28-32(25-27-44(42)50-48(33)41)46-38-15-5-3-13-36(38)45(37-14-4-6-16-39(37)46)31-22-20-30(21-23-31)34-17-9-18-40-35-12-7-8-19-43(35)49-47(34)40/h1-28H. The molecule has 2 heterocycles. The third-order valence-corrected chi connectivity index (χ3v) is 10.5. The van der Waals surface area contributed by atoms with E-state index in [1.165, 1.54) is 49.2 Å². The van der Waals surface area contributed by atoms with Crippen molar-refractivity contribution in [2.24, 2.45) is 0 Å². The fourth-order valence-electron chi connectivity index (χ4n) is 8.20. The van der Waals surface area contributed by atoms with E-state index >= 15 is 0 Å². The lowest BCUT2D eigenvalue weighted by molar-refractivity contribution is 0.670. The van der Waals surface area contributed by atoms with Crippen LogP contribution < -0.4 is 0 Å². The Hall–Kier alpha value is -6.64. The van der Waals surface area contributed by atoms with Gasteiger partial charge in [0.25, 0.3) is 0 Å². The van der Waals surface area contributed by atoms with Crippen molar-refractivity contribution >= 4 is 76.2 Å². The molecule has 0 atom stereocenters. The van der Waals surface area contributed by atoms with Gasteiger partial charge in [-0.05, 0) is 79.0 Å². The van der Waals surface area contributed by atoms with E-state index in [2.05, 4.69) is 158 Å². The summed E-state index contributed by atoms with van der Waals surface area (Å²) in [5, 5.41) is 11.8. The van der Waals surface area contributed by atoms with Gasteiger partial charge in [0.15, 0.2) is 0 Å². The van der Waals surface area contributed by atoms with Crippen molar-refractivity contribution in [1.82, 2.24) is 0 Å². The van der Waals surface area contributed by atoms with Crippen molar-refractivity contribution in [3.05, 3.63) is 170 Å².